The lowest BCUT2D eigenvalue weighted by molar-refractivity contribution is -0.161. The Morgan fingerprint density at radius 1 is 1.50 bits per heavy atom. The van der Waals surface area contributed by atoms with Gasteiger partial charge in [-0.05, 0) is 18.3 Å². The van der Waals surface area contributed by atoms with Gasteiger partial charge < -0.3 is 5.32 Å². The lowest BCUT2D eigenvalue weighted by Gasteiger charge is -2.66. The molecule has 3 aliphatic carbocycles. The molecular formula is C13H18Br3NO. The van der Waals surface area contributed by atoms with E-state index in [2.05, 4.69) is 73.5 Å². The molecule has 1 amide bonds. The second kappa shape index (κ2) is 4.59. The molecule has 3 saturated carbocycles. The van der Waals surface area contributed by atoms with Crippen molar-refractivity contribution in [3.8, 4) is 0 Å². The number of fused-ring (bicyclic) bond motifs is 1. The van der Waals surface area contributed by atoms with Crippen LogP contribution in [0, 0.1) is 16.2 Å². The van der Waals surface area contributed by atoms with Crippen LogP contribution in [0.5, 0.6) is 0 Å². The average molecular weight is 444 g/mol. The Morgan fingerprint density at radius 2 is 2.11 bits per heavy atom. The molecule has 2 nitrogen and oxygen atoms in total. The minimum Gasteiger partial charge on any atom is -0.352 e. The third-order valence-corrected chi connectivity index (χ3v) is 8.53. The van der Waals surface area contributed by atoms with Crippen molar-refractivity contribution < 1.29 is 4.79 Å². The number of alkyl halides is 3. The largest absolute Gasteiger partial charge is 0.352 e. The van der Waals surface area contributed by atoms with Crippen LogP contribution in [0.25, 0.3) is 0 Å². The first-order valence-electron chi connectivity index (χ1n) is 6.10. The van der Waals surface area contributed by atoms with Crippen molar-refractivity contribution in [3.05, 3.63) is 12.7 Å². The molecule has 0 saturated heterocycles. The van der Waals surface area contributed by atoms with E-state index in [0.29, 0.717) is 6.54 Å². The summed E-state index contributed by atoms with van der Waals surface area (Å²) in [5.74, 6) is 0.156. The van der Waals surface area contributed by atoms with Gasteiger partial charge in [-0.25, -0.2) is 0 Å². The maximum absolute atomic E-state index is 12.5. The molecule has 0 aliphatic heterocycles. The maximum atomic E-state index is 12.5. The molecule has 0 radical (unpaired) electrons. The molecule has 0 heterocycles. The number of amides is 1. The zero-order chi connectivity index (χ0) is 13.8. The minimum atomic E-state index is -0.296. The Morgan fingerprint density at radius 3 is 2.50 bits per heavy atom. The second-order valence-corrected chi connectivity index (χ2v) is 9.77. The summed E-state index contributed by atoms with van der Waals surface area (Å²) in [6.45, 7) is 8.61. The summed E-state index contributed by atoms with van der Waals surface area (Å²) in [7, 11) is 0. The van der Waals surface area contributed by atoms with Crippen LogP contribution >= 0.6 is 47.8 Å². The van der Waals surface area contributed by atoms with Crippen molar-refractivity contribution in [2.24, 2.45) is 16.2 Å². The third kappa shape index (κ3) is 1.42. The van der Waals surface area contributed by atoms with Crippen LogP contribution in [0.1, 0.15) is 26.7 Å². The topological polar surface area (TPSA) is 29.1 Å². The van der Waals surface area contributed by atoms with Gasteiger partial charge in [0.25, 0.3) is 0 Å². The highest BCUT2D eigenvalue weighted by Crippen LogP contribution is 2.82. The molecule has 3 atom stereocenters. The van der Waals surface area contributed by atoms with E-state index >= 15 is 0 Å². The predicted molar refractivity (Wildman–Crippen MR) is 85.4 cm³/mol. The molecule has 5 heteroatoms. The van der Waals surface area contributed by atoms with Crippen LogP contribution in [0.15, 0.2) is 12.7 Å². The van der Waals surface area contributed by atoms with E-state index in [-0.39, 0.29) is 30.7 Å². The van der Waals surface area contributed by atoms with E-state index in [4.69, 9.17) is 0 Å². The molecule has 3 fully saturated rings. The smallest absolute Gasteiger partial charge is 0.228 e. The highest BCUT2D eigenvalue weighted by atomic mass is 79.9. The van der Waals surface area contributed by atoms with E-state index in [1.165, 1.54) is 0 Å². The first-order chi connectivity index (χ1) is 8.29. The number of rotatable bonds is 4. The first kappa shape index (κ1) is 15.0. The molecule has 1 N–H and O–H groups in total. The Kier molecular flexibility index (Phi) is 3.84. The van der Waals surface area contributed by atoms with E-state index in [1.54, 1.807) is 6.08 Å². The van der Waals surface area contributed by atoms with Crippen molar-refractivity contribution >= 4 is 53.7 Å². The first-order valence-corrected chi connectivity index (χ1v) is 8.85. The summed E-state index contributed by atoms with van der Waals surface area (Å²) in [6, 6.07) is 0. The van der Waals surface area contributed by atoms with Gasteiger partial charge in [0.05, 0.1) is 9.15 Å². The van der Waals surface area contributed by atoms with Crippen LogP contribution in [0.4, 0.5) is 0 Å². The summed E-state index contributed by atoms with van der Waals surface area (Å²) < 4.78 is 0.222. The van der Waals surface area contributed by atoms with Gasteiger partial charge in [0.2, 0.25) is 5.91 Å². The highest BCUT2D eigenvalue weighted by Gasteiger charge is 2.83. The van der Waals surface area contributed by atoms with Gasteiger partial charge in [0.15, 0.2) is 0 Å². The van der Waals surface area contributed by atoms with Gasteiger partial charge in [-0.1, -0.05) is 67.7 Å². The zero-order valence-electron chi connectivity index (χ0n) is 10.6. The molecule has 3 aliphatic rings. The Balaban J connectivity index is 2.33. The molecule has 0 aromatic carbocycles. The van der Waals surface area contributed by atoms with E-state index < -0.39 is 0 Å². The molecule has 0 unspecified atom stereocenters. The number of hydrogen-bond donors (Lipinski definition) is 1. The number of carbonyl (C=O) groups excluding carboxylic acids is 1. The van der Waals surface area contributed by atoms with Crippen molar-refractivity contribution in [1.82, 2.24) is 5.32 Å². The fourth-order valence-electron chi connectivity index (χ4n) is 4.02. The molecule has 3 rings (SSSR count). The Bertz CT molecular complexity index is 396. The van der Waals surface area contributed by atoms with Gasteiger partial charge in [-0.2, -0.15) is 0 Å². The molecule has 0 aromatic heterocycles. The maximum Gasteiger partial charge on any atom is 0.228 e. The number of carbonyl (C=O) groups is 1. The summed E-state index contributed by atoms with van der Waals surface area (Å²) in [6.07, 6.45) is 3.72. The summed E-state index contributed by atoms with van der Waals surface area (Å²) >= 11 is 11.1. The summed E-state index contributed by atoms with van der Waals surface area (Å²) in [5, 5.41) is 2.98. The van der Waals surface area contributed by atoms with Gasteiger partial charge in [0, 0.05) is 16.8 Å². The van der Waals surface area contributed by atoms with Gasteiger partial charge >= 0.3 is 0 Å². The molecule has 102 valence electrons. The predicted octanol–water partition coefficient (Wildman–Crippen LogP) is 3.97. The minimum absolute atomic E-state index is 0.0307. The van der Waals surface area contributed by atoms with E-state index in [0.717, 1.165) is 12.8 Å². The summed E-state index contributed by atoms with van der Waals surface area (Å²) in [5.41, 5.74) is -0.231. The van der Waals surface area contributed by atoms with Crippen LogP contribution in [0.3, 0.4) is 0 Å². The Hall–Kier alpha value is 0.650. The molecule has 0 aromatic rings. The van der Waals surface area contributed by atoms with Crippen LogP contribution < -0.4 is 5.32 Å². The highest BCUT2D eigenvalue weighted by molar-refractivity contribution is 9.24. The number of hydrogen-bond acceptors (Lipinski definition) is 1. The lowest BCUT2D eigenvalue weighted by Crippen LogP contribution is -2.72. The van der Waals surface area contributed by atoms with Crippen molar-refractivity contribution in [2.75, 3.05) is 6.54 Å². The standard InChI is InChI=1S/C13H18Br3NO/c1-4-7-17-10(18)13-6-5-12(8(13)14,9(15)16)11(13,2)3/h4,8-9H,1,5-7H2,2-3H3,(H,17,18)/t8-,12-,13-/m1/s1. The quantitative estimate of drug-likeness (QED) is 0.517. The van der Waals surface area contributed by atoms with Crippen molar-refractivity contribution in [3.63, 3.8) is 0 Å². The number of halogens is 3. The van der Waals surface area contributed by atoms with Gasteiger partial charge in [-0.15, -0.1) is 6.58 Å². The lowest BCUT2D eigenvalue weighted by atomic mass is 9.43. The van der Waals surface area contributed by atoms with Crippen LogP contribution in [-0.2, 0) is 4.79 Å². The average Bonchev–Trinajstić information content (AvgIpc) is 2.75. The fraction of sp³-hybridized carbons (Fsp3) is 0.769. The third-order valence-electron chi connectivity index (χ3n) is 5.30. The zero-order valence-corrected chi connectivity index (χ0v) is 15.4. The van der Waals surface area contributed by atoms with Crippen molar-refractivity contribution in [2.45, 2.75) is 35.3 Å². The van der Waals surface area contributed by atoms with Crippen LogP contribution in [-0.4, -0.2) is 21.0 Å². The second-order valence-electron chi connectivity index (χ2n) is 5.80. The summed E-state index contributed by atoms with van der Waals surface area (Å²) in [4.78, 5) is 12.7. The van der Waals surface area contributed by atoms with E-state index in [1.807, 2.05) is 0 Å². The monoisotopic (exact) mass is 441 g/mol. The van der Waals surface area contributed by atoms with Crippen LogP contribution in [0.2, 0.25) is 0 Å². The SMILES string of the molecule is C=CCNC(=O)[C@@]12CC[C@](C(Br)Br)([C@H]1Br)C2(C)C. The molecule has 0 spiro atoms. The fourth-order valence-corrected chi connectivity index (χ4v) is 8.94. The Labute approximate surface area is 134 Å². The molecule has 2 bridgehead atoms. The van der Waals surface area contributed by atoms with E-state index in [9.17, 15) is 4.79 Å². The molecule has 18 heavy (non-hydrogen) atoms. The normalized spacial score (nSPS) is 40.4. The molecular weight excluding hydrogens is 426 g/mol. The van der Waals surface area contributed by atoms with Crippen molar-refractivity contribution in [1.29, 1.82) is 0 Å². The van der Waals surface area contributed by atoms with Gasteiger partial charge in [-0.3, -0.25) is 4.79 Å². The number of nitrogens with one attached hydrogen (secondary N) is 1. The van der Waals surface area contributed by atoms with Gasteiger partial charge in [0.1, 0.15) is 0 Å².